The van der Waals surface area contributed by atoms with Gasteiger partial charge in [-0.1, -0.05) is 23.2 Å². The number of nitrogens with one attached hydrogen (secondary N) is 2. The Bertz CT molecular complexity index is 696. The van der Waals surface area contributed by atoms with Gasteiger partial charge in [0.05, 0.1) is 5.02 Å². The third-order valence-corrected chi connectivity index (χ3v) is 3.35. The fourth-order valence-electron chi connectivity index (χ4n) is 2.05. The zero-order chi connectivity index (χ0) is 14.9. The number of halogens is 2. The molecular weight excluding hydrogens is 307 g/mol. The molecule has 1 aromatic heterocycles. The lowest BCUT2D eigenvalue weighted by Gasteiger charge is -2.03. The van der Waals surface area contributed by atoms with Crippen molar-refractivity contribution >= 4 is 46.0 Å². The van der Waals surface area contributed by atoms with Crippen molar-refractivity contribution in [2.24, 2.45) is 0 Å². The summed E-state index contributed by atoms with van der Waals surface area (Å²) in [6.45, 7) is 0. The Morgan fingerprint density at radius 3 is 2.60 bits per heavy atom. The molecule has 20 heavy (non-hydrogen) atoms. The SMILES string of the molecule is O=C(O)CCc1c(C(=O)NO)[nH]c2cc(Cl)cc(Cl)c12. The van der Waals surface area contributed by atoms with Crippen molar-refractivity contribution in [3.8, 4) is 0 Å². The maximum atomic E-state index is 11.6. The van der Waals surface area contributed by atoms with E-state index in [4.69, 9.17) is 33.5 Å². The van der Waals surface area contributed by atoms with Crippen LogP contribution < -0.4 is 5.48 Å². The van der Waals surface area contributed by atoms with Crippen LogP contribution in [0.25, 0.3) is 10.9 Å². The number of aromatic nitrogens is 1. The van der Waals surface area contributed by atoms with Gasteiger partial charge in [-0.3, -0.25) is 14.8 Å². The number of carboxylic acid groups (broad SMARTS) is 1. The second kappa shape index (κ2) is 5.70. The zero-order valence-corrected chi connectivity index (χ0v) is 11.5. The fraction of sp³-hybridized carbons (Fsp3) is 0.167. The van der Waals surface area contributed by atoms with Crippen molar-refractivity contribution in [1.29, 1.82) is 0 Å². The molecule has 0 aliphatic heterocycles. The minimum absolute atomic E-state index is 0.0629. The molecule has 0 aliphatic rings. The molecule has 0 fully saturated rings. The number of hydroxylamine groups is 1. The second-order valence-corrected chi connectivity index (χ2v) is 4.97. The summed E-state index contributed by atoms with van der Waals surface area (Å²) in [5, 5.41) is 18.7. The van der Waals surface area contributed by atoms with E-state index in [1.54, 1.807) is 6.07 Å². The second-order valence-electron chi connectivity index (χ2n) is 4.12. The summed E-state index contributed by atoms with van der Waals surface area (Å²) in [7, 11) is 0. The molecule has 1 aromatic carbocycles. The Balaban J connectivity index is 2.64. The van der Waals surface area contributed by atoms with Gasteiger partial charge in [-0.05, 0) is 24.1 Å². The van der Waals surface area contributed by atoms with E-state index in [0.29, 0.717) is 26.5 Å². The zero-order valence-electron chi connectivity index (χ0n) is 10.0. The van der Waals surface area contributed by atoms with Gasteiger partial charge in [0.1, 0.15) is 5.69 Å². The normalized spacial score (nSPS) is 10.8. The first-order chi connectivity index (χ1) is 9.43. The lowest BCUT2D eigenvalue weighted by molar-refractivity contribution is -0.136. The van der Waals surface area contributed by atoms with Gasteiger partial charge < -0.3 is 10.1 Å². The first kappa shape index (κ1) is 14.6. The highest BCUT2D eigenvalue weighted by molar-refractivity contribution is 6.39. The van der Waals surface area contributed by atoms with Crippen LogP contribution in [0, 0.1) is 0 Å². The molecule has 1 amide bonds. The van der Waals surface area contributed by atoms with Gasteiger partial charge in [-0.25, -0.2) is 5.48 Å². The smallest absolute Gasteiger partial charge is 0.303 e. The molecule has 0 spiro atoms. The van der Waals surface area contributed by atoms with E-state index < -0.39 is 11.9 Å². The van der Waals surface area contributed by atoms with Crippen molar-refractivity contribution in [3.05, 3.63) is 33.4 Å². The maximum absolute atomic E-state index is 11.6. The minimum atomic E-state index is -1.00. The summed E-state index contributed by atoms with van der Waals surface area (Å²) in [4.78, 5) is 25.1. The molecule has 0 radical (unpaired) electrons. The number of aromatic amines is 1. The summed E-state index contributed by atoms with van der Waals surface area (Å²) >= 11 is 12.0. The van der Waals surface area contributed by atoms with Crippen molar-refractivity contribution in [1.82, 2.24) is 10.5 Å². The fourth-order valence-corrected chi connectivity index (χ4v) is 2.65. The van der Waals surface area contributed by atoms with Crippen molar-refractivity contribution in [3.63, 3.8) is 0 Å². The van der Waals surface area contributed by atoms with Crippen LogP contribution in [-0.2, 0) is 11.2 Å². The average Bonchev–Trinajstić information content (AvgIpc) is 2.73. The molecule has 2 aromatic rings. The molecule has 0 atom stereocenters. The molecule has 0 saturated heterocycles. The standard InChI is InChI=1S/C12H10Cl2N2O4/c13-5-3-7(14)10-6(1-2-9(17)18)11(12(19)16-20)15-8(10)4-5/h3-4,15,20H,1-2H2,(H,16,19)(H,17,18). The number of hydrogen-bond acceptors (Lipinski definition) is 3. The number of carbonyl (C=O) groups excluding carboxylic acids is 1. The summed E-state index contributed by atoms with van der Waals surface area (Å²) < 4.78 is 0. The molecule has 0 saturated carbocycles. The van der Waals surface area contributed by atoms with Crippen molar-refractivity contribution in [2.75, 3.05) is 0 Å². The van der Waals surface area contributed by atoms with E-state index in [0.717, 1.165) is 0 Å². The van der Waals surface area contributed by atoms with Gasteiger partial charge in [-0.15, -0.1) is 0 Å². The van der Waals surface area contributed by atoms with Gasteiger partial charge in [0, 0.05) is 22.3 Å². The monoisotopic (exact) mass is 316 g/mol. The number of H-pyrrole nitrogens is 1. The van der Waals surface area contributed by atoms with Gasteiger partial charge in [-0.2, -0.15) is 0 Å². The molecule has 0 unspecified atom stereocenters. The molecule has 1 heterocycles. The lowest BCUT2D eigenvalue weighted by Crippen LogP contribution is -2.20. The van der Waals surface area contributed by atoms with Gasteiger partial charge in [0.2, 0.25) is 0 Å². The van der Waals surface area contributed by atoms with E-state index in [9.17, 15) is 9.59 Å². The Labute approximate surface area is 123 Å². The van der Waals surface area contributed by atoms with E-state index in [1.807, 2.05) is 0 Å². The number of amides is 1. The largest absolute Gasteiger partial charge is 0.481 e. The first-order valence-electron chi connectivity index (χ1n) is 5.60. The summed E-state index contributed by atoms with van der Waals surface area (Å²) in [5.74, 6) is -1.77. The first-order valence-corrected chi connectivity index (χ1v) is 6.35. The van der Waals surface area contributed by atoms with Crippen LogP contribution in [0.3, 0.4) is 0 Å². The number of carboxylic acids is 1. The van der Waals surface area contributed by atoms with Gasteiger partial charge in [0.15, 0.2) is 0 Å². The van der Waals surface area contributed by atoms with Crippen LogP contribution >= 0.6 is 23.2 Å². The predicted molar refractivity (Wildman–Crippen MR) is 73.5 cm³/mol. The number of fused-ring (bicyclic) bond motifs is 1. The Morgan fingerprint density at radius 1 is 1.30 bits per heavy atom. The topological polar surface area (TPSA) is 102 Å². The molecule has 0 bridgehead atoms. The Hall–Kier alpha value is -1.76. The van der Waals surface area contributed by atoms with Crippen LogP contribution in [0.15, 0.2) is 12.1 Å². The highest BCUT2D eigenvalue weighted by Gasteiger charge is 2.20. The number of carbonyl (C=O) groups is 2. The number of aryl methyl sites for hydroxylation is 1. The molecule has 4 N–H and O–H groups in total. The third kappa shape index (κ3) is 2.72. The molecule has 8 heteroatoms. The molecule has 2 rings (SSSR count). The van der Waals surface area contributed by atoms with E-state index in [1.165, 1.54) is 11.5 Å². The quantitative estimate of drug-likeness (QED) is 0.514. The number of hydrogen-bond donors (Lipinski definition) is 4. The van der Waals surface area contributed by atoms with Crippen molar-refractivity contribution in [2.45, 2.75) is 12.8 Å². The van der Waals surface area contributed by atoms with Crippen LogP contribution in [-0.4, -0.2) is 27.2 Å². The van der Waals surface area contributed by atoms with Crippen LogP contribution in [0.4, 0.5) is 0 Å². The van der Waals surface area contributed by atoms with Crippen LogP contribution in [0.1, 0.15) is 22.5 Å². The molecule has 0 aliphatic carbocycles. The van der Waals surface area contributed by atoms with E-state index in [-0.39, 0.29) is 18.5 Å². The van der Waals surface area contributed by atoms with Crippen molar-refractivity contribution < 1.29 is 19.9 Å². The summed E-state index contributed by atoms with van der Waals surface area (Å²) in [5.41, 5.74) is 2.50. The average molecular weight is 317 g/mol. The molecule has 106 valence electrons. The molecular formula is C12H10Cl2N2O4. The number of aliphatic carboxylic acids is 1. The van der Waals surface area contributed by atoms with Gasteiger partial charge >= 0.3 is 5.97 Å². The van der Waals surface area contributed by atoms with Crippen LogP contribution in [0.2, 0.25) is 10.0 Å². The Morgan fingerprint density at radius 2 is 2.00 bits per heavy atom. The number of benzene rings is 1. The predicted octanol–water partition coefficient (Wildman–Crippen LogP) is 2.61. The highest BCUT2D eigenvalue weighted by Crippen LogP contribution is 2.33. The lowest BCUT2D eigenvalue weighted by atomic mass is 10.0. The van der Waals surface area contributed by atoms with E-state index >= 15 is 0 Å². The third-order valence-electron chi connectivity index (χ3n) is 2.84. The summed E-state index contributed by atoms with van der Waals surface area (Å²) in [6, 6.07) is 3.07. The number of rotatable bonds is 4. The van der Waals surface area contributed by atoms with Gasteiger partial charge in [0.25, 0.3) is 5.91 Å². The van der Waals surface area contributed by atoms with Crippen LogP contribution in [0.5, 0.6) is 0 Å². The highest BCUT2D eigenvalue weighted by atomic mass is 35.5. The van der Waals surface area contributed by atoms with E-state index in [2.05, 4.69) is 4.98 Å². The minimum Gasteiger partial charge on any atom is -0.481 e. The summed E-state index contributed by atoms with van der Waals surface area (Å²) in [6.07, 6.45) is -0.0724. The Kier molecular flexibility index (Phi) is 4.17. The molecule has 6 nitrogen and oxygen atoms in total. The maximum Gasteiger partial charge on any atom is 0.303 e.